The minimum Gasteiger partial charge on any atom is -0.334 e. The van der Waals surface area contributed by atoms with Crippen LogP contribution in [0.15, 0.2) is 12.5 Å². The third-order valence-corrected chi connectivity index (χ3v) is 5.28. The number of hydrogen-bond donors (Lipinski definition) is 1. The standard InChI is InChI=1S/C15H23N3/c1-2-12(8-16-7-1)14-9-17-11-18(14)10-15(5-6-15)13-3-4-13/h9,11-13,16H,1-8,10H2. The fourth-order valence-corrected chi connectivity index (χ4v) is 3.80. The van der Waals surface area contributed by atoms with E-state index in [-0.39, 0.29) is 0 Å². The Balaban J connectivity index is 1.52. The summed E-state index contributed by atoms with van der Waals surface area (Å²) in [5.41, 5.74) is 2.16. The summed E-state index contributed by atoms with van der Waals surface area (Å²) in [5.74, 6) is 1.73. The van der Waals surface area contributed by atoms with Crippen molar-refractivity contribution in [1.82, 2.24) is 14.9 Å². The normalized spacial score (nSPS) is 30.3. The molecule has 0 spiro atoms. The Morgan fingerprint density at radius 2 is 2.22 bits per heavy atom. The van der Waals surface area contributed by atoms with Gasteiger partial charge in [0.15, 0.2) is 0 Å². The van der Waals surface area contributed by atoms with Crippen molar-refractivity contribution in [3.8, 4) is 0 Å². The summed E-state index contributed by atoms with van der Waals surface area (Å²) in [6.07, 6.45) is 12.7. The van der Waals surface area contributed by atoms with Gasteiger partial charge in [-0.2, -0.15) is 0 Å². The summed E-state index contributed by atoms with van der Waals surface area (Å²) in [7, 11) is 0. The number of nitrogens with zero attached hydrogens (tertiary/aromatic N) is 2. The summed E-state index contributed by atoms with van der Waals surface area (Å²) in [5, 5.41) is 3.52. The molecule has 0 bridgehead atoms. The highest BCUT2D eigenvalue weighted by atomic mass is 15.1. The van der Waals surface area contributed by atoms with Crippen molar-refractivity contribution in [2.75, 3.05) is 13.1 Å². The molecule has 3 fully saturated rings. The van der Waals surface area contributed by atoms with Crippen LogP contribution in [0.2, 0.25) is 0 Å². The summed E-state index contributed by atoms with van der Waals surface area (Å²) < 4.78 is 2.48. The van der Waals surface area contributed by atoms with Gasteiger partial charge in [-0.1, -0.05) is 0 Å². The first-order valence-corrected chi connectivity index (χ1v) is 7.58. The Bertz CT molecular complexity index is 423. The molecule has 4 rings (SSSR count). The van der Waals surface area contributed by atoms with Crippen LogP contribution in [0.4, 0.5) is 0 Å². The molecule has 3 nitrogen and oxygen atoms in total. The molecule has 1 aromatic rings. The molecule has 1 saturated heterocycles. The van der Waals surface area contributed by atoms with E-state index in [9.17, 15) is 0 Å². The van der Waals surface area contributed by atoms with Gasteiger partial charge in [0.05, 0.1) is 6.33 Å². The first-order valence-electron chi connectivity index (χ1n) is 7.58. The third kappa shape index (κ3) is 1.89. The van der Waals surface area contributed by atoms with Gasteiger partial charge >= 0.3 is 0 Å². The van der Waals surface area contributed by atoms with Gasteiger partial charge in [-0.3, -0.25) is 0 Å². The number of imidazole rings is 1. The van der Waals surface area contributed by atoms with Crippen molar-refractivity contribution >= 4 is 0 Å². The van der Waals surface area contributed by atoms with Gasteiger partial charge in [-0.25, -0.2) is 4.98 Å². The van der Waals surface area contributed by atoms with Crippen LogP contribution in [0, 0.1) is 11.3 Å². The van der Waals surface area contributed by atoms with Gasteiger partial charge in [0, 0.05) is 30.9 Å². The minimum absolute atomic E-state index is 0.678. The largest absolute Gasteiger partial charge is 0.334 e. The topological polar surface area (TPSA) is 29.9 Å². The zero-order valence-electron chi connectivity index (χ0n) is 11.1. The fourth-order valence-electron chi connectivity index (χ4n) is 3.80. The van der Waals surface area contributed by atoms with E-state index < -0.39 is 0 Å². The Morgan fingerprint density at radius 3 is 2.89 bits per heavy atom. The highest BCUT2D eigenvalue weighted by Crippen LogP contribution is 2.62. The molecule has 98 valence electrons. The summed E-state index contributed by atoms with van der Waals surface area (Å²) in [6.45, 7) is 3.57. The molecule has 2 heterocycles. The van der Waals surface area contributed by atoms with Crippen LogP contribution >= 0.6 is 0 Å². The van der Waals surface area contributed by atoms with Crippen LogP contribution in [0.1, 0.15) is 50.1 Å². The summed E-state index contributed by atoms with van der Waals surface area (Å²) in [4.78, 5) is 4.42. The van der Waals surface area contributed by atoms with E-state index >= 15 is 0 Å². The number of rotatable bonds is 4. The zero-order valence-corrected chi connectivity index (χ0v) is 11.1. The van der Waals surface area contributed by atoms with Crippen molar-refractivity contribution < 1.29 is 0 Å². The number of nitrogens with one attached hydrogen (secondary N) is 1. The Morgan fingerprint density at radius 1 is 1.33 bits per heavy atom. The Kier molecular flexibility index (Phi) is 2.51. The van der Waals surface area contributed by atoms with E-state index in [1.165, 1.54) is 57.3 Å². The van der Waals surface area contributed by atoms with Crippen molar-refractivity contribution in [3.05, 3.63) is 18.2 Å². The number of piperidine rings is 1. The predicted molar refractivity (Wildman–Crippen MR) is 71.5 cm³/mol. The Labute approximate surface area is 109 Å². The molecular weight excluding hydrogens is 222 g/mol. The molecule has 2 aliphatic carbocycles. The first kappa shape index (κ1) is 11.0. The summed E-state index contributed by atoms with van der Waals surface area (Å²) >= 11 is 0. The number of hydrogen-bond acceptors (Lipinski definition) is 2. The second kappa shape index (κ2) is 4.09. The average Bonchev–Trinajstić information content (AvgIpc) is 3.29. The van der Waals surface area contributed by atoms with E-state index in [0.717, 1.165) is 12.5 Å². The molecule has 0 aromatic carbocycles. The SMILES string of the molecule is c1ncn(CC2(C3CC3)CC2)c1C1CCCNC1. The van der Waals surface area contributed by atoms with E-state index in [0.29, 0.717) is 11.3 Å². The molecule has 1 unspecified atom stereocenters. The van der Waals surface area contributed by atoms with E-state index in [2.05, 4.69) is 27.4 Å². The molecule has 2 saturated carbocycles. The lowest BCUT2D eigenvalue weighted by molar-refractivity contribution is 0.352. The summed E-state index contributed by atoms with van der Waals surface area (Å²) in [6, 6.07) is 0. The lowest BCUT2D eigenvalue weighted by Gasteiger charge is -2.25. The molecule has 1 N–H and O–H groups in total. The molecule has 1 aliphatic heterocycles. The molecular formula is C15H23N3. The van der Waals surface area contributed by atoms with Crippen LogP contribution in [-0.2, 0) is 6.54 Å². The smallest absolute Gasteiger partial charge is 0.0948 e. The maximum atomic E-state index is 4.42. The zero-order chi connectivity index (χ0) is 12.0. The second-order valence-electron chi connectivity index (χ2n) is 6.63. The maximum Gasteiger partial charge on any atom is 0.0948 e. The minimum atomic E-state index is 0.678. The van der Waals surface area contributed by atoms with Crippen LogP contribution < -0.4 is 5.32 Å². The van der Waals surface area contributed by atoms with E-state index in [4.69, 9.17) is 0 Å². The Hall–Kier alpha value is -0.830. The lowest BCUT2D eigenvalue weighted by atomic mass is 9.95. The quantitative estimate of drug-likeness (QED) is 0.883. The van der Waals surface area contributed by atoms with Crippen molar-refractivity contribution in [2.24, 2.45) is 11.3 Å². The molecule has 3 heteroatoms. The molecule has 0 radical (unpaired) electrons. The van der Waals surface area contributed by atoms with Crippen LogP contribution in [0.5, 0.6) is 0 Å². The van der Waals surface area contributed by atoms with Gasteiger partial charge < -0.3 is 9.88 Å². The third-order valence-electron chi connectivity index (χ3n) is 5.28. The first-order chi connectivity index (χ1) is 8.87. The van der Waals surface area contributed by atoms with Crippen molar-refractivity contribution in [2.45, 2.75) is 51.0 Å². The van der Waals surface area contributed by atoms with E-state index in [1.807, 2.05) is 0 Å². The average molecular weight is 245 g/mol. The maximum absolute atomic E-state index is 4.42. The highest BCUT2D eigenvalue weighted by Gasteiger charge is 2.53. The van der Waals surface area contributed by atoms with E-state index in [1.54, 1.807) is 0 Å². The molecule has 1 atom stereocenters. The molecule has 0 amide bonds. The van der Waals surface area contributed by atoms with Gasteiger partial charge in [-0.15, -0.1) is 0 Å². The van der Waals surface area contributed by atoms with Gasteiger partial charge in [0.2, 0.25) is 0 Å². The fraction of sp³-hybridized carbons (Fsp3) is 0.800. The highest BCUT2D eigenvalue weighted by molar-refractivity contribution is 5.11. The van der Waals surface area contributed by atoms with Crippen LogP contribution in [-0.4, -0.2) is 22.6 Å². The van der Waals surface area contributed by atoms with Crippen molar-refractivity contribution in [3.63, 3.8) is 0 Å². The van der Waals surface area contributed by atoms with Gasteiger partial charge in [-0.05, 0) is 56.4 Å². The van der Waals surface area contributed by atoms with Crippen LogP contribution in [0.3, 0.4) is 0 Å². The van der Waals surface area contributed by atoms with Crippen LogP contribution in [0.25, 0.3) is 0 Å². The van der Waals surface area contributed by atoms with Crippen molar-refractivity contribution in [1.29, 1.82) is 0 Å². The molecule has 1 aromatic heterocycles. The monoisotopic (exact) mass is 245 g/mol. The number of aromatic nitrogens is 2. The second-order valence-corrected chi connectivity index (χ2v) is 6.63. The van der Waals surface area contributed by atoms with Gasteiger partial charge in [0.1, 0.15) is 0 Å². The lowest BCUT2D eigenvalue weighted by Crippen LogP contribution is -2.30. The van der Waals surface area contributed by atoms with Gasteiger partial charge in [0.25, 0.3) is 0 Å². The molecule has 3 aliphatic rings. The predicted octanol–water partition coefficient (Wildman–Crippen LogP) is 2.54. The molecule has 18 heavy (non-hydrogen) atoms.